The van der Waals surface area contributed by atoms with E-state index in [9.17, 15) is 0 Å². The highest BCUT2D eigenvalue weighted by atomic mass is 16.5. The molecule has 0 aliphatic heterocycles. The monoisotopic (exact) mass is 323 g/mol. The van der Waals surface area contributed by atoms with Crippen molar-refractivity contribution in [3.05, 3.63) is 71.9 Å². The molecule has 0 spiro atoms. The van der Waals surface area contributed by atoms with Gasteiger partial charge in [0.1, 0.15) is 23.9 Å². The third-order valence-corrected chi connectivity index (χ3v) is 3.64. The summed E-state index contributed by atoms with van der Waals surface area (Å²) in [6.45, 7) is 6.50. The van der Waals surface area contributed by atoms with Crippen molar-refractivity contribution in [1.82, 2.24) is 4.98 Å². The van der Waals surface area contributed by atoms with E-state index in [0.29, 0.717) is 24.2 Å². The Kier molecular flexibility index (Phi) is 4.85. The fraction of sp³-hybridized carbons (Fsp3) is 0.250. The molecule has 2 aromatic carbocycles. The molecule has 0 N–H and O–H groups in total. The molecular formula is C20H21NO3. The number of aryl methyl sites for hydroxylation is 1. The molecule has 24 heavy (non-hydrogen) atoms. The van der Waals surface area contributed by atoms with E-state index in [1.807, 2.05) is 43.3 Å². The summed E-state index contributed by atoms with van der Waals surface area (Å²) in [6, 6.07) is 15.7. The Morgan fingerprint density at radius 3 is 2.42 bits per heavy atom. The fourth-order valence-corrected chi connectivity index (χ4v) is 2.31. The average Bonchev–Trinajstić information content (AvgIpc) is 2.99. The number of ether oxygens (including phenoxy) is 2. The van der Waals surface area contributed by atoms with Crippen molar-refractivity contribution in [3.8, 4) is 17.2 Å². The zero-order valence-electron chi connectivity index (χ0n) is 14.2. The van der Waals surface area contributed by atoms with Gasteiger partial charge in [-0.3, -0.25) is 0 Å². The highest BCUT2D eigenvalue weighted by molar-refractivity contribution is 5.38. The normalized spacial score (nSPS) is 10.8. The van der Waals surface area contributed by atoms with Gasteiger partial charge in [-0.1, -0.05) is 32.0 Å². The Hall–Kier alpha value is -2.75. The maximum Gasteiger partial charge on any atom is 0.191 e. The number of hydrogen-bond acceptors (Lipinski definition) is 4. The third kappa shape index (κ3) is 4.16. The average molecular weight is 323 g/mol. The van der Waals surface area contributed by atoms with Gasteiger partial charge in [0.15, 0.2) is 11.7 Å². The summed E-state index contributed by atoms with van der Waals surface area (Å²) in [5.41, 5.74) is 1.29. The summed E-state index contributed by atoms with van der Waals surface area (Å²) >= 11 is 0. The summed E-state index contributed by atoms with van der Waals surface area (Å²) in [4.78, 5) is 4.05. The Morgan fingerprint density at radius 1 is 1.00 bits per heavy atom. The number of rotatable bonds is 6. The van der Waals surface area contributed by atoms with Crippen LogP contribution < -0.4 is 9.47 Å². The molecule has 124 valence electrons. The molecule has 3 rings (SSSR count). The van der Waals surface area contributed by atoms with E-state index >= 15 is 0 Å². The smallest absolute Gasteiger partial charge is 0.191 e. The lowest BCUT2D eigenvalue weighted by Gasteiger charge is -2.10. The lowest BCUT2D eigenvalue weighted by molar-refractivity contribution is 0.266. The van der Waals surface area contributed by atoms with E-state index in [1.54, 1.807) is 6.20 Å². The van der Waals surface area contributed by atoms with Gasteiger partial charge in [0, 0.05) is 13.0 Å². The van der Waals surface area contributed by atoms with E-state index < -0.39 is 0 Å². The van der Waals surface area contributed by atoms with E-state index in [0.717, 1.165) is 17.2 Å². The van der Waals surface area contributed by atoms with Crippen LogP contribution in [0.1, 0.15) is 37.0 Å². The van der Waals surface area contributed by atoms with Gasteiger partial charge >= 0.3 is 0 Å². The van der Waals surface area contributed by atoms with Crippen molar-refractivity contribution in [3.63, 3.8) is 0 Å². The van der Waals surface area contributed by atoms with Crippen LogP contribution in [0.3, 0.4) is 0 Å². The first-order chi connectivity index (χ1) is 11.6. The van der Waals surface area contributed by atoms with Crippen LogP contribution in [0.25, 0.3) is 0 Å². The molecule has 4 heteroatoms. The van der Waals surface area contributed by atoms with E-state index in [1.165, 1.54) is 5.56 Å². The number of hydrogen-bond donors (Lipinski definition) is 0. The molecule has 3 aromatic rings. The molecule has 0 atom stereocenters. The summed E-state index contributed by atoms with van der Waals surface area (Å²) in [5.74, 6) is 4.11. The van der Waals surface area contributed by atoms with Gasteiger partial charge < -0.3 is 13.9 Å². The summed E-state index contributed by atoms with van der Waals surface area (Å²) in [6.07, 6.45) is 1.67. The summed E-state index contributed by atoms with van der Waals surface area (Å²) in [5, 5.41) is 0. The first-order valence-electron chi connectivity index (χ1n) is 8.02. The van der Waals surface area contributed by atoms with Crippen LogP contribution >= 0.6 is 0 Å². The molecule has 0 saturated carbocycles. The largest absolute Gasteiger partial charge is 0.485 e. The van der Waals surface area contributed by atoms with Crippen LogP contribution in [-0.4, -0.2) is 4.98 Å². The molecule has 0 saturated heterocycles. The maximum absolute atomic E-state index is 5.89. The topological polar surface area (TPSA) is 44.5 Å². The Morgan fingerprint density at radius 2 is 1.75 bits per heavy atom. The molecule has 0 fully saturated rings. The lowest BCUT2D eigenvalue weighted by atomic mass is 10.0. The van der Waals surface area contributed by atoms with Crippen LogP contribution in [0, 0.1) is 6.92 Å². The van der Waals surface area contributed by atoms with Crippen molar-refractivity contribution in [2.24, 2.45) is 0 Å². The molecule has 0 amide bonds. The third-order valence-electron chi connectivity index (χ3n) is 3.64. The number of aromatic nitrogens is 1. The number of oxazole rings is 1. The van der Waals surface area contributed by atoms with Gasteiger partial charge in [-0.25, -0.2) is 4.98 Å². The predicted molar refractivity (Wildman–Crippen MR) is 92.6 cm³/mol. The molecule has 1 heterocycles. The van der Waals surface area contributed by atoms with Gasteiger partial charge in [0.05, 0.1) is 6.20 Å². The van der Waals surface area contributed by atoms with Crippen molar-refractivity contribution in [2.45, 2.75) is 33.3 Å². The number of nitrogens with zero attached hydrogens (tertiary/aromatic N) is 1. The van der Waals surface area contributed by atoms with Crippen molar-refractivity contribution in [1.29, 1.82) is 0 Å². The molecule has 0 unspecified atom stereocenters. The first kappa shape index (κ1) is 16.1. The van der Waals surface area contributed by atoms with Gasteiger partial charge in [-0.15, -0.1) is 0 Å². The molecular weight excluding hydrogens is 302 g/mol. The molecule has 0 aliphatic carbocycles. The molecule has 4 nitrogen and oxygen atoms in total. The van der Waals surface area contributed by atoms with Gasteiger partial charge in [0.25, 0.3) is 0 Å². The zero-order valence-corrected chi connectivity index (χ0v) is 14.2. The quantitative estimate of drug-likeness (QED) is 0.602. The zero-order chi connectivity index (χ0) is 16.9. The Balaban J connectivity index is 1.64. The second-order valence-electron chi connectivity index (χ2n) is 5.93. The van der Waals surface area contributed by atoms with Crippen LogP contribution in [0.5, 0.6) is 17.2 Å². The molecule has 1 aromatic heterocycles. The predicted octanol–water partition coefficient (Wildman–Crippen LogP) is 5.48. The van der Waals surface area contributed by atoms with Gasteiger partial charge in [-0.2, -0.15) is 0 Å². The molecule has 0 aliphatic rings. The highest BCUT2D eigenvalue weighted by Gasteiger charge is 2.04. The minimum Gasteiger partial charge on any atom is -0.485 e. The van der Waals surface area contributed by atoms with E-state index in [-0.39, 0.29) is 0 Å². The van der Waals surface area contributed by atoms with Crippen molar-refractivity contribution >= 4 is 0 Å². The van der Waals surface area contributed by atoms with Crippen molar-refractivity contribution < 1.29 is 13.9 Å². The van der Waals surface area contributed by atoms with Crippen LogP contribution in [0.15, 0.2) is 59.1 Å². The standard InChI is InChI=1S/C20H21NO3/c1-14(2)16-7-9-17(10-8-16)24-19-6-4-5-18(11-19)22-13-20-12-21-15(3)23-20/h4-12,14H,13H2,1-3H3. The Bertz CT molecular complexity index is 791. The van der Waals surface area contributed by atoms with E-state index in [2.05, 4.69) is 31.0 Å². The maximum atomic E-state index is 5.89. The Labute approximate surface area is 142 Å². The number of benzene rings is 2. The lowest BCUT2D eigenvalue weighted by Crippen LogP contribution is -1.94. The minimum absolute atomic E-state index is 0.341. The molecule has 0 bridgehead atoms. The summed E-state index contributed by atoms with van der Waals surface area (Å²) in [7, 11) is 0. The highest BCUT2D eigenvalue weighted by Crippen LogP contribution is 2.27. The van der Waals surface area contributed by atoms with Gasteiger partial charge in [0.2, 0.25) is 0 Å². The van der Waals surface area contributed by atoms with Crippen LogP contribution in [0.2, 0.25) is 0 Å². The molecule has 0 radical (unpaired) electrons. The fourth-order valence-electron chi connectivity index (χ4n) is 2.31. The van der Waals surface area contributed by atoms with Gasteiger partial charge in [-0.05, 0) is 35.7 Å². The van der Waals surface area contributed by atoms with E-state index in [4.69, 9.17) is 13.9 Å². The van der Waals surface area contributed by atoms with Crippen LogP contribution in [-0.2, 0) is 6.61 Å². The van der Waals surface area contributed by atoms with Crippen LogP contribution in [0.4, 0.5) is 0 Å². The van der Waals surface area contributed by atoms with Crippen molar-refractivity contribution in [2.75, 3.05) is 0 Å². The summed E-state index contributed by atoms with van der Waals surface area (Å²) < 4.78 is 17.0. The minimum atomic E-state index is 0.341. The second kappa shape index (κ2) is 7.21. The first-order valence-corrected chi connectivity index (χ1v) is 8.02. The second-order valence-corrected chi connectivity index (χ2v) is 5.93. The SMILES string of the molecule is Cc1ncc(COc2cccc(Oc3ccc(C(C)C)cc3)c2)o1.